The van der Waals surface area contributed by atoms with Crippen LogP contribution >= 0.6 is 15.9 Å². The molecule has 3 N–H and O–H groups in total. The van der Waals surface area contributed by atoms with Gasteiger partial charge < -0.3 is 11.1 Å². The largest absolute Gasteiger partial charge is 0.345 e. The number of carbonyl (C=O) groups excluding carboxylic acids is 1. The summed E-state index contributed by atoms with van der Waals surface area (Å²) in [6.45, 7) is 0. The van der Waals surface area contributed by atoms with Crippen LogP contribution < -0.4 is 11.1 Å². The van der Waals surface area contributed by atoms with Gasteiger partial charge in [-0.1, -0.05) is 15.9 Å². The van der Waals surface area contributed by atoms with Crippen LogP contribution in [-0.2, 0) is 0 Å². The average Bonchev–Trinajstić information content (AvgIpc) is 2.34. The number of carbonyl (C=O) groups is 1. The highest BCUT2D eigenvalue weighted by molar-refractivity contribution is 9.10. The minimum absolute atomic E-state index is 0.0535. The Kier molecular flexibility index (Phi) is 2.95. The number of hydrogen-bond donors (Lipinski definition) is 2. The van der Waals surface area contributed by atoms with Crippen molar-refractivity contribution in [2.45, 2.75) is 49.6 Å². The minimum atomic E-state index is -0.0973. The molecule has 0 aromatic carbocycles. The van der Waals surface area contributed by atoms with Crippen LogP contribution in [0.5, 0.6) is 0 Å². The fraction of sp³-hybridized carbons (Fsp3) is 0.625. The zero-order valence-corrected chi connectivity index (χ0v) is 13.5. The van der Waals surface area contributed by atoms with Crippen LogP contribution in [0.3, 0.4) is 0 Å². The summed E-state index contributed by atoms with van der Waals surface area (Å²) < 4.78 is 0.878. The topological polar surface area (TPSA) is 68.0 Å². The summed E-state index contributed by atoms with van der Waals surface area (Å²) in [5.74, 6) is 1.31. The Hall–Kier alpha value is -0.940. The maximum absolute atomic E-state index is 12.6. The van der Waals surface area contributed by atoms with Crippen molar-refractivity contribution in [3.05, 3.63) is 28.5 Å². The normalized spacial score (nSPS) is 40.3. The summed E-state index contributed by atoms with van der Waals surface area (Å²) in [4.78, 5) is 16.7. The van der Waals surface area contributed by atoms with E-state index in [-0.39, 0.29) is 17.0 Å². The maximum Gasteiger partial charge on any atom is 0.270 e. The second kappa shape index (κ2) is 4.53. The molecule has 0 aliphatic heterocycles. The van der Waals surface area contributed by atoms with Gasteiger partial charge in [0, 0.05) is 21.7 Å². The SMILES string of the molecule is NC12CC3CC(C1)CC(NC(=O)c1cc(Br)ccn1)(C3)C2. The Morgan fingerprint density at radius 3 is 2.67 bits per heavy atom. The van der Waals surface area contributed by atoms with E-state index < -0.39 is 0 Å². The number of pyridine rings is 1. The lowest BCUT2D eigenvalue weighted by Gasteiger charge is -2.61. The molecule has 0 radical (unpaired) electrons. The van der Waals surface area contributed by atoms with Crippen molar-refractivity contribution in [1.82, 2.24) is 10.3 Å². The third kappa shape index (κ3) is 2.40. The van der Waals surface area contributed by atoms with E-state index in [2.05, 4.69) is 26.2 Å². The standard InChI is InChI=1S/C16H20BrN3O/c17-12-1-2-19-13(4-12)14(21)20-16-7-10-3-11(8-16)6-15(18,5-10)9-16/h1-2,4,10-11H,3,5-9,18H2,(H,20,21). The van der Waals surface area contributed by atoms with Crippen molar-refractivity contribution in [3.63, 3.8) is 0 Å². The fourth-order valence-electron chi connectivity index (χ4n) is 5.31. The Bertz CT molecular complexity index is 589. The van der Waals surface area contributed by atoms with Crippen molar-refractivity contribution in [3.8, 4) is 0 Å². The average molecular weight is 350 g/mol. The highest BCUT2D eigenvalue weighted by Crippen LogP contribution is 2.56. The molecule has 4 bridgehead atoms. The predicted molar refractivity (Wildman–Crippen MR) is 83.7 cm³/mol. The van der Waals surface area contributed by atoms with Gasteiger partial charge in [0.25, 0.3) is 5.91 Å². The lowest BCUT2D eigenvalue weighted by atomic mass is 9.50. The number of rotatable bonds is 2. The second-order valence-electron chi connectivity index (χ2n) is 7.42. The first-order valence-corrected chi connectivity index (χ1v) is 8.48. The number of amides is 1. The summed E-state index contributed by atoms with van der Waals surface area (Å²) in [6.07, 6.45) is 8.32. The van der Waals surface area contributed by atoms with Crippen LogP contribution in [0.1, 0.15) is 49.0 Å². The zero-order chi connectivity index (χ0) is 14.7. The third-order valence-corrected chi connectivity index (χ3v) is 5.93. The van der Waals surface area contributed by atoms with Crippen LogP contribution in [-0.4, -0.2) is 22.0 Å². The summed E-state index contributed by atoms with van der Waals surface area (Å²) in [5.41, 5.74) is 6.90. The quantitative estimate of drug-likeness (QED) is 0.862. The number of nitrogens with zero attached hydrogens (tertiary/aromatic N) is 1. The van der Waals surface area contributed by atoms with E-state index in [1.54, 1.807) is 12.3 Å². The van der Waals surface area contributed by atoms with Gasteiger partial charge in [-0.25, -0.2) is 0 Å². The van der Waals surface area contributed by atoms with Crippen molar-refractivity contribution < 1.29 is 4.79 Å². The molecule has 1 aromatic heterocycles. The lowest BCUT2D eigenvalue weighted by Crippen LogP contribution is -2.68. The number of hydrogen-bond acceptors (Lipinski definition) is 3. The minimum Gasteiger partial charge on any atom is -0.345 e. The van der Waals surface area contributed by atoms with Crippen LogP contribution in [0.2, 0.25) is 0 Å². The highest BCUT2D eigenvalue weighted by atomic mass is 79.9. The molecule has 4 nitrogen and oxygen atoms in total. The van der Waals surface area contributed by atoms with Gasteiger partial charge in [-0.15, -0.1) is 0 Å². The molecule has 4 aliphatic carbocycles. The molecule has 0 spiro atoms. The van der Waals surface area contributed by atoms with Gasteiger partial charge in [0.05, 0.1) is 0 Å². The van der Waals surface area contributed by atoms with E-state index in [4.69, 9.17) is 5.73 Å². The van der Waals surface area contributed by atoms with Gasteiger partial charge in [0.1, 0.15) is 5.69 Å². The smallest absolute Gasteiger partial charge is 0.270 e. The molecule has 1 heterocycles. The fourth-order valence-corrected chi connectivity index (χ4v) is 5.65. The van der Waals surface area contributed by atoms with Crippen LogP contribution in [0.15, 0.2) is 22.8 Å². The zero-order valence-electron chi connectivity index (χ0n) is 11.9. The Balaban J connectivity index is 1.58. The summed E-state index contributed by atoms with van der Waals surface area (Å²) in [5, 5.41) is 3.29. The number of nitrogens with one attached hydrogen (secondary N) is 1. The monoisotopic (exact) mass is 349 g/mol. The van der Waals surface area contributed by atoms with Crippen molar-refractivity contribution in [2.24, 2.45) is 17.6 Å². The molecule has 4 saturated carbocycles. The van der Waals surface area contributed by atoms with Gasteiger partial charge in [-0.2, -0.15) is 0 Å². The first-order valence-electron chi connectivity index (χ1n) is 7.68. The van der Waals surface area contributed by atoms with Gasteiger partial charge in [0.15, 0.2) is 0 Å². The summed E-state index contributed by atoms with van der Waals surface area (Å²) >= 11 is 3.39. The first kappa shape index (κ1) is 13.7. The van der Waals surface area contributed by atoms with Crippen molar-refractivity contribution in [1.29, 1.82) is 0 Å². The third-order valence-electron chi connectivity index (χ3n) is 5.44. The van der Waals surface area contributed by atoms with E-state index in [0.29, 0.717) is 17.5 Å². The Morgan fingerprint density at radius 1 is 1.33 bits per heavy atom. The second-order valence-corrected chi connectivity index (χ2v) is 8.33. The van der Waals surface area contributed by atoms with Gasteiger partial charge >= 0.3 is 0 Å². The predicted octanol–water partition coefficient (Wildman–Crippen LogP) is 2.62. The van der Waals surface area contributed by atoms with Crippen LogP contribution in [0, 0.1) is 11.8 Å². The van der Waals surface area contributed by atoms with Gasteiger partial charge in [-0.05, 0) is 62.5 Å². The number of halogens is 1. The molecule has 5 rings (SSSR count). The van der Waals surface area contributed by atoms with Gasteiger partial charge in [0.2, 0.25) is 0 Å². The van der Waals surface area contributed by atoms with E-state index >= 15 is 0 Å². The van der Waals surface area contributed by atoms with Crippen molar-refractivity contribution >= 4 is 21.8 Å². The molecule has 2 unspecified atom stereocenters. The molecule has 0 saturated heterocycles. The molecule has 5 heteroatoms. The molecule has 21 heavy (non-hydrogen) atoms. The van der Waals surface area contributed by atoms with Gasteiger partial charge in [-0.3, -0.25) is 9.78 Å². The van der Waals surface area contributed by atoms with E-state index in [1.807, 2.05) is 6.07 Å². The molecule has 112 valence electrons. The molecule has 4 aliphatic rings. The van der Waals surface area contributed by atoms with E-state index in [0.717, 1.165) is 36.6 Å². The maximum atomic E-state index is 12.6. The highest BCUT2D eigenvalue weighted by Gasteiger charge is 2.56. The van der Waals surface area contributed by atoms with Crippen LogP contribution in [0.4, 0.5) is 0 Å². The molecule has 1 aromatic rings. The van der Waals surface area contributed by atoms with E-state index in [1.165, 1.54) is 6.42 Å². The molecule has 2 atom stereocenters. The molecule has 1 amide bonds. The Morgan fingerprint density at radius 2 is 2.05 bits per heavy atom. The molecule has 4 fully saturated rings. The van der Waals surface area contributed by atoms with E-state index in [9.17, 15) is 4.79 Å². The molecular formula is C16H20BrN3O. The first-order chi connectivity index (χ1) is 9.95. The number of aromatic nitrogens is 1. The summed E-state index contributed by atoms with van der Waals surface area (Å²) in [6, 6.07) is 3.60. The van der Waals surface area contributed by atoms with Crippen molar-refractivity contribution in [2.75, 3.05) is 0 Å². The Labute approximate surface area is 133 Å². The van der Waals surface area contributed by atoms with Crippen LogP contribution in [0.25, 0.3) is 0 Å². The lowest BCUT2D eigenvalue weighted by molar-refractivity contribution is -0.0321. The summed E-state index contributed by atoms with van der Waals surface area (Å²) in [7, 11) is 0. The molecular weight excluding hydrogens is 330 g/mol. The number of nitrogens with two attached hydrogens (primary N) is 1.